The predicted molar refractivity (Wildman–Crippen MR) is 422 cm³/mol. The van der Waals surface area contributed by atoms with Crippen molar-refractivity contribution in [3.05, 3.63) is 241 Å². The Labute approximate surface area is 615 Å². The Kier molecular flexibility index (Phi) is 44.0. The largest absolute Gasteiger partial charge is 0.508 e. The van der Waals surface area contributed by atoms with Gasteiger partial charge in [0.2, 0.25) is 0 Å². The van der Waals surface area contributed by atoms with E-state index in [9.17, 15) is 13.9 Å². The monoisotopic (exact) mass is 1750 g/mol. The van der Waals surface area contributed by atoms with Crippen molar-refractivity contribution in [3.63, 3.8) is 0 Å². The lowest BCUT2D eigenvalue weighted by atomic mass is 10.1. The van der Waals surface area contributed by atoms with Gasteiger partial charge < -0.3 is 61.9 Å². The number of rotatable bonds is 13. The van der Waals surface area contributed by atoms with Crippen molar-refractivity contribution in [1.82, 2.24) is 15.0 Å². The number of para-hydroxylation sites is 1. The molecule has 8 aromatic carbocycles. The average molecular weight is 1750 g/mol. The van der Waals surface area contributed by atoms with Crippen LogP contribution in [0.5, 0.6) is 51.7 Å². The van der Waals surface area contributed by atoms with Gasteiger partial charge in [0.15, 0.2) is 46.3 Å². The number of aromatic nitrogens is 3. The number of guanidine groups is 1. The number of aliphatic imine (C=N–C) groups is 1. The number of aromatic amines is 2. The third-order valence-corrected chi connectivity index (χ3v) is 16.7. The second-order valence-corrected chi connectivity index (χ2v) is 25.0. The third-order valence-electron chi connectivity index (χ3n) is 13.4. The molecule has 0 amide bonds. The standard InChI is InChI=1S/C14H10I4O2.C10H11N.2C8H9FO.C8H10O2.2C8H10O.C5H13N3.C5H8N2.CH4/c1-2-7-3-11(17)14(12(18)4-7)20-8-5-9(15)13(19)10(16)6-8;1-2-8-7-11-10-6-4-3-5-9(8)10;1-2-6-3-4-8(10)7(9)5-6;2*1-2-6-3-4-7(9)8(10)5-6;1-2-7-3-5-8(9)6-4-7;1-2-7-4-3-5-8(9)6-7;1-2-3-4-8-5(6)7;1-2-5-3-6-4-7-5;/h3-6,19H,2H2,1H3;3-7,11H,2H2,1H3;2*3-5,10H,2H2,1H3;3-5,9-10H,2H2,1H3;2*3-6,9H,2H2,1H3;2-4H2,1H3,(H4,6,7,8);3-4H,2H2,1H3,(H,6,7);1H4. The summed E-state index contributed by atoms with van der Waals surface area (Å²) in [5.41, 5.74) is 20.6. The van der Waals surface area contributed by atoms with Gasteiger partial charge in [-0.15, -0.1) is 0 Å². The van der Waals surface area contributed by atoms with Gasteiger partial charge in [0.05, 0.1) is 20.6 Å². The summed E-state index contributed by atoms with van der Waals surface area (Å²) in [5.74, 6) is 1.08. The zero-order chi connectivity index (χ0) is 70.1. The van der Waals surface area contributed by atoms with Gasteiger partial charge in [-0.3, -0.25) is 4.99 Å². The Morgan fingerprint density at radius 3 is 1.47 bits per heavy atom. The fourth-order valence-electron chi connectivity index (χ4n) is 7.75. The first kappa shape index (κ1) is 86.0. The molecule has 20 heteroatoms. The number of nitrogens with one attached hydrogen (secondary N) is 2. The zero-order valence-electron chi connectivity index (χ0n) is 54.8. The molecule has 0 aliphatic carbocycles. The van der Waals surface area contributed by atoms with Crippen molar-refractivity contribution < 1.29 is 49.3 Å². The molecule has 0 fully saturated rings. The van der Waals surface area contributed by atoms with Crippen LogP contribution < -0.4 is 16.2 Å². The van der Waals surface area contributed by atoms with Crippen LogP contribution in [0.2, 0.25) is 0 Å². The highest BCUT2D eigenvalue weighted by atomic mass is 127. The van der Waals surface area contributed by atoms with Gasteiger partial charge >= 0.3 is 0 Å². The van der Waals surface area contributed by atoms with Crippen LogP contribution in [0.1, 0.15) is 127 Å². The molecule has 514 valence electrons. The van der Waals surface area contributed by atoms with Crippen LogP contribution in [0.4, 0.5) is 8.78 Å². The summed E-state index contributed by atoms with van der Waals surface area (Å²) >= 11 is 8.82. The molecular formula is C75H94F2I4N6O8. The second kappa shape index (κ2) is 48.6. The van der Waals surface area contributed by atoms with Crippen molar-refractivity contribution >= 4 is 107 Å². The van der Waals surface area contributed by atoms with E-state index in [-0.39, 0.29) is 36.4 Å². The number of ether oxygens (including phenoxy) is 1. The molecule has 0 saturated carbocycles. The van der Waals surface area contributed by atoms with Crippen molar-refractivity contribution in [3.8, 4) is 51.7 Å². The molecule has 0 unspecified atom stereocenters. The summed E-state index contributed by atoms with van der Waals surface area (Å²) in [7, 11) is 0. The number of phenols is 7. The fraction of sp³-hybridized carbons (Fsp3) is 0.280. The number of fused-ring (bicyclic) bond motifs is 1. The lowest BCUT2D eigenvalue weighted by molar-refractivity contribution is 0.403. The summed E-state index contributed by atoms with van der Waals surface area (Å²) in [6, 6.07) is 44.6. The van der Waals surface area contributed by atoms with E-state index in [2.05, 4.69) is 194 Å². The molecule has 0 atom stereocenters. The third kappa shape index (κ3) is 34.0. The van der Waals surface area contributed by atoms with Gasteiger partial charge in [-0.25, -0.2) is 13.8 Å². The van der Waals surface area contributed by atoms with Crippen LogP contribution in [0.15, 0.2) is 175 Å². The van der Waals surface area contributed by atoms with E-state index in [0.717, 1.165) is 113 Å². The minimum atomic E-state index is -0.558. The van der Waals surface area contributed by atoms with Crippen molar-refractivity contribution in [2.24, 2.45) is 16.5 Å². The molecule has 13 N–H and O–H groups in total. The van der Waals surface area contributed by atoms with Crippen LogP contribution in [0.3, 0.4) is 0 Å². The number of imidazole rings is 1. The fourth-order valence-corrected chi connectivity index (χ4v) is 11.6. The molecule has 0 aliphatic rings. The summed E-state index contributed by atoms with van der Waals surface area (Å²) in [6.07, 6.45) is 15.5. The number of nitrogens with two attached hydrogens (primary N) is 2. The van der Waals surface area contributed by atoms with E-state index in [1.165, 1.54) is 69.2 Å². The average Bonchev–Trinajstić information content (AvgIpc) is 1.50. The molecular weight excluding hydrogens is 1660 g/mol. The first-order valence-electron chi connectivity index (χ1n) is 30.8. The molecule has 95 heavy (non-hydrogen) atoms. The maximum Gasteiger partial charge on any atom is 0.185 e. The Bertz CT molecular complexity index is 3630. The van der Waals surface area contributed by atoms with Gasteiger partial charge in [-0.05, 0) is 278 Å². The number of benzene rings is 8. The number of aryl methyl sites for hydroxylation is 8. The van der Waals surface area contributed by atoms with Gasteiger partial charge in [-0.2, -0.15) is 0 Å². The Morgan fingerprint density at radius 2 is 1.01 bits per heavy atom. The topological polar surface area (TPSA) is 260 Å². The lowest BCUT2D eigenvalue weighted by Crippen LogP contribution is -2.22. The first-order chi connectivity index (χ1) is 44.9. The highest BCUT2D eigenvalue weighted by Gasteiger charge is 2.13. The predicted octanol–water partition coefficient (Wildman–Crippen LogP) is 20.3. The Hall–Kier alpha value is -7.04. The molecule has 0 radical (unpaired) electrons. The van der Waals surface area contributed by atoms with Crippen LogP contribution in [0.25, 0.3) is 10.9 Å². The van der Waals surface area contributed by atoms with Crippen molar-refractivity contribution in [2.75, 3.05) is 6.54 Å². The van der Waals surface area contributed by atoms with Crippen molar-refractivity contribution in [1.29, 1.82) is 0 Å². The van der Waals surface area contributed by atoms with Crippen LogP contribution in [-0.4, -0.2) is 63.2 Å². The summed E-state index contributed by atoms with van der Waals surface area (Å²) in [5, 5.41) is 64.4. The Balaban J connectivity index is 0.000000544. The lowest BCUT2D eigenvalue weighted by Gasteiger charge is -2.13. The first-order valence-corrected chi connectivity index (χ1v) is 35.1. The molecule has 2 aromatic heterocycles. The minimum absolute atomic E-state index is 0. The number of aromatic hydroxyl groups is 7. The van der Waals surface area contributed by atoms with Gasteiger partial charge in [0.1, 0.15) is 23.0 Å². The number of hydrogen-bond donors (Lipinski definition) is 11. The second-order valence-electron chi connectivity index (χ2n) is 20.4. The summed E-state index contributed by atoms with van der Waals surface area (Å²) in [4.78, 5) is 13.8. The van der Waals surface area contributed by atoms with E-state index in [1.807, 2.05) is 63.4 Å². The highest BCUT2D eigenvalue weighted by molar-refractivity contribution is 14.1. The van der Waals surface area contributed by atoms with Gasteiger partial charge in [0, 0.05) is 35.5 Å². The summed E-state index contributed by atoms with van der Waals surface area (Å²) < 4.78 is 34.7. The minimum Gasteiger partial charge on any atom is -0.508 e. The molecule has 0 bridgehead atoms. The quantitative estimate of drug-likeness (QED) is 0.0170. The van der Waals surface area contributed by atoms with Gasteiger partial charge in [0.25, 0.3) is 0 Å². The number of halogens is 6. The molecule has 0 aliphatic heterocycles. The smallest absolute Gasteiger partial charge is 0.185 e. The number of phenolic OH excluding ortho intramolecular Hbond substituents is 7. The normalized spacial score (nSPS) is 9.76. The van der Waals surface area contributed by atoms with Crippen molar-refractivity contribution in [2.45, 2.75) is 134 Å². The van der Waals surface area contributed by atoms with Gasteiger partial charge in [-0.1, -0.05) is 137 Å². The molecule has 2 heterocycles. The maximum atomic E-state index is 12.5. The molecule has 0 spiro atoms. The zero-order valence-corrected chi connectivity index (χ0v) is 63.4. The van der Waals surface area contributed by atoms with E-state index in [0.29, 0.717) is 17.2 Å². The summed E-state index contributed by atoms with van der Waals surface area (Å²) in [6.45, 7) is 19.3. The molecule has 10 rings (SSSR count). The van der Waals surface area contributed by atoms with Crippen LogP contribution >= 0.6 is 90.4 Å². The van der Waals surface area contributed by atoms with E-state index < -0.39 is 11.6 Å². The van der Waals surface area contributed by atoms with Crippen LogP contribution in [0, 0.1) is 25.9 Å². The number of H-pyrrole nitrogens is 2. The number of unbranched alkanes of at least 4 members (excludes halogenated alkanes) is 1. The highest BCUT2D eigenvalue weighted by Crippen LogP contribution is 2.37. The number of nitrogens with zero attached hydrogens (tertiary/aromatic N) is 2. The maximum absolute atomic E-state index is 12.5. The Morgan fingerprint density at radius 1 is 0.484 bits per heavy atom. The molecule has 14 nitrogen and oxygen atoms in total. The van der Waals surface area contributed by atoms with Crippen LogP contribution in [-0.2, 0) is 51.4 Å². The van der Waals surface area contributed by atoms with E-state index in [1.54, 1.807) is 54.9 Å². The van der Waals surface area contributed by atoms with E-state index in [4.69, 9.17) is 46.8 Å². The SMILES string of the molecule is C.CCCCN=C(N)N.CCc1c[nH]c2ccccc12.CCc1cc(I)c(Oc2cc(I)c(O)c(I)c2)c(I)c1.CCc1ccc(F)c(O)c1.CCc1ccc(O)c(F)c1.CCc1ccc(O)c(O)c1.CCc1ccc(O)cc1.CCc1cccc(O)c1.CCc1cnc[nH]1. The molecule has 0 saturated heterocycles. The molecule has 10 aromatic rings. The van der Waals surface area contributed by atoms with E-state index >= 15 is 0 Å². The number of hydrogen-bond acceptors (Lipinski definition) is 10.